The first kappa shape index (κ1) is 13.9. The molecule has 0 aromatic heterocycles. The minimum absolute atomic E-state index is 0.562. The van der Waals surface area contributed by atoms with Crippen molar-refractivity contribution < 1.29 is 8.42 Å². The van der Waals surface area contributed by atoms with E-state index >= 15 is 0 Å². The smallest absolute Gasteiger partial charge is 0.211 e. The highest BCUT2D eigenvalue weighted by Gasteiger charge is 2.12. The van der Waals surface area contributed by atoms with Gasteiger partial charge in [-0.05, 0) is 25.9 Å². The first-order chi connectivity index (χ1) is 6.52. The summed E-state index contributed by atoms with van der Waals surface area (Å²) in [6.07, 6.45) is 3.25. The van der Waals surface area contributed by atoms with Gasteiger partial charge >= 0.3 is 0 Å². The number of nitrogens with zero attached hydrogens (tertiary/aromatic N) is 1. The lowest BCUT2D eigenvalue weighted by Crippen LogP contribution is -2.32. The fraction of sp³-hybridized carbons (Fsp3) is 1.00. The molecule has 0 rings (SSSR count). The number of sulfonamides is 1. The Balaban J connectivity index is 3.65. The van der Waals surface area contributed by atoms with Gasteiger partial charge in [-0.15, -0.1) is 0 Å². The zero-order chi connectivity index (χ0) is 11.0. The van der Waals surface area contributed by atoms with Gasteiger partial charge in [0.2, 0.25) is 10.0 Å². The third kappa shape index (κ3) is 6.34. The molecule has 5 heteroatoms. The van der Waals surface area contributed by atoms with Gasteiger partial charge in [0, 0.05) is 13.1 Å². The second-order valence-corrected chi connectivity index (χ2v) is 5.34. The van der Waals surface area contributed by atoms with Crippen molar-refractivity contribution in [2.24, 2.45) is 0 Å². The van der Waals surface area contributed by atoms with Crippen molar-refractivity contribution in [2.45, 2.75) is 26.7 Å². The summed E-state index contributed by atoms with van der Waals surface area (Å²) in [5, 5.41) is 3.24. The van der Waals surface area contributed by atoms with E-state index in [1.807, 2.05) is 6.92 Å². The molecule has 0 aromatic rings. The van der Waals surface area contributed by atoms with Crippen LogP contribution in [0, 0.1) is 0 Å². The molecule has 0 aliphatic carbocycles. The van der Waals surface area contributed by atoms with Crippen LogP contribution in [0.25, 0.3) is 0 Å². The Bertz CT molecular complexity index is 227. The zero-order valence-corrected chi connectivity index (χ0v) is 10.2. The van der Waals surface area contributed by atoms with E-state index in [2.05, 4.69) is 12.2 Å². The molecule has 86 valence electrons. The van der Waals surface area contributed by atoms with Crippen LogP contribution < -0.4 is 5.32 Å². The first-order valence-electron chi connectivity index (χ1n) is 5.18. The van der Waals surface area contributed by atoms with E-state index in [0.717, 1.165) is 25.9 Å². The molecular formula is C9H22N2O2S. The lowest BCUT2D eigenvalue weighted by atomic mass is 10.4. The zero-order valence-electron chi connectivity index (χ0n) is 9.41. The van der Waals surface area contributed by atoms with Crippen molar-refractivity contribution in [2.75, 3.05) is 32.4 Å². The highest BCUT2D eigenvalue weighted by atomic mass is 32.2. The molecule has 0 aliphatic heterocycles. The fourth-order valence-electron chi connectivity index (χ4n) is 1.24. The molecule has 0 saturated carbocycles. The monoisotopic (exact) mass is 222 g/mol. The molecule has 0 unspecified atom stereocenters. The van der Waals surface area contributed by atoms with E-state index in [4.69, 9.17) is 0 Å². The van der Waals surface area contributed by atoms with Crippen molar-refractivity contribution in [1.29, 1.82) is 0 Å². The topological polar surface area (TPSA) is 49.4 Å². The molecule has 0 amide bonds. The molecule has 1 N–H and O–H groups in total. The largest absolute Gasteiger partial charge is 0.317 e. The third-order valence-corrected chi connectivity index (χ3v) is 3.39. The van der Waals surface area contributed by atoms with Gasteiger partial charge in [0.1, 0.15) is 0 Å². The molecule has 0 atom stereocenters. The maximum Gasteiger partial charge on any atom is 0.211 e. The van der Waals surface area contributed by atoms with E-state index in [0.29, 0.717) is 13.1 Å². The van der Waals surface area contributed by atoms with Crippen LogP contribution in [0.1, 0.15) is 26.7 Å². The standard InChI is InChI=1S/C9H22N2O2S/c1-4-7-10-8-6-9-11(5-2)14(3,12)13/h10H,4-9H2,1-3H3. The molecule has 0 spiro atoms. The molecule has 0 heterocycles. The Labute approximate surface area is 87.7 Å². The van der Waals surface area contributed by atoms with E-state index in [1.165, 1.54) is 10.6 Å². The van der Waals surface area contributed by atoms with Crippen LogP contribution >= 0.6 is 0 Å². The quantitative estimate of drug-likeness (QED) is 0.614. The SMILES string of the molecule is CCCNCCCN(CC)S(C)(=O)=O. The Morgan fingerprint density at radius 3 is 2.29 bits per heavy atom. The average Bonchev–Trinajstić information content (AvgIpc) is 2.09. The van der Waals surface area contributed by atoms with E-state index < -0.39 is 10.0 Å². The third-order valence-electron chi connectivity index (χ3n) is 2.01. The molecule has 0 aliphatic rings. The summed E-state index contributed by atoms with van der Waals surface area (Å²) in [4.78, 5) is 0. The maximum absolute atomic E-state index is 11.2. The fourth-order valence-corrected chi connectivity index (χ4v) is 2.17. The van der Waals surface area contributed by atoms with Gasteiger partial charge < -0.3 is 5.32 Å². The predicted molar refractivity (Wildman–Crippen MR) is 59.9 cm³/mol. The van der Waals surface area contributed by atoms with Crippen LogP contribution in [0.15, 0.2) is 0 Å². The number of nitrogens with one attached hydrogen (secondary N) is 1. The highest BCUT2D eigenvalue weighted by molar-refractivity contribution is 7.88. The van der Waals surface area contributed by atoms with E-state index in [1.54, 1.807) is 0 Å². The van der Waals surface area contributed by atoms with Crippen molar-refractivity contribution in [3.63, 3.8) is 0 Å². The van der Waals surface area contributed by atoms with Crippen molar-refractivity contribution in [3.8, 4) is 0 Å². The minimum Gasteiger partial charge on any atom is -0.317 e. The van der Waals surface area contributed by atoms with Crippen molar-refractivity contribution in [1.82, 2.24) is 9.62 Å². The summed E-state index contributed by atoms with van der Waals surface area (Å²) >= 11 is 0. The molecule has 0 bridgehead atoms. The molecule has 14 heavy (non-hydrogen) atoms. The Morgan fingerprint density at radius 2 is 1.86 bits per heavy atom. The molecule has 0 fully saturated rings. The minimum atomic E-state index is -3.00. The molecule has 4 nitrogen and oxygen atoms in total. The van der Waals surface area contributed by atoms with Crippen LogP contribution in [0.5, 0.6) is 0 Å². The van der Waals surface area contributed by atoms with Crippen LogP contribution in [-0.2, 0) is 10.0 Å². The summed E-state index contributed by atoms with van der Waals surface area (Å²) in [7, 11) is -3.00. The summed E-state index contributed by atoms with van der Waals surface area (Å²) in [5.41, 5.74) is 0. The number of rotatable bonds is 8. The Morgan fingerprint density at radius 1 is 1.21 bits per heavy atom. The van der Waals surface area contributed by atoms with Gasteiger partial charge in [0.15, 0.2) is 0 Å². The lowest BCUT2D eigenvalue weighted by molar-refractivity contribution is 0.419. The highest BCUT2D eigenvalue weighted by Crippen LogP contribution is 1.97. The number of hydrogen-bond acceptors (Lipinski definition) is 3. The molecule has 0 saturated heterocycles. The first-order valence-corrected chi connectivity index (χ1v) is 7.03. The Kier molecular flexibility index (Phi) is 7.13. The average molecular weight is 222 g/mol. The normalized spacial score (nSPS) is 12.3. The second kappa shape index (κ2) is 7.20. The lowest BCUT2D eigenvalue weighted by Gasteiger charge is -2.17. The van der Waals surface area contributed by atoms with Gasteiger partial charge in [0.25, 0.3) is 0 Å². The van der Waals surface area contributed by atoms with E-state index in [9.17, 15) is 8.42 Å². The maximum atomic E-state index is 11.2. The van der Waals surface area contributed by atoms with Crippen LogP contribution in [0.3, 0.4) is 0 Å². The Hall–Kier alpha value is -0.130. The van der Waals surface area contributed by atoms with Crippen molar-refractivity contribution >= 4 is 10.0 Å². The van der Waals surface area contributed by atoms with Crippen LogP contribution in [-0.4, -0.2) is 45.2 Å². The predicted octanol–water partition coefficient (Wildman–Crippen LogP) is 0.658. The van der Waals surface area contributed by atoms with Crippen LogP contribution in [0.4, 0.5) is 0 Å². The van der Waals surface area contributed by atoms with Gasteiger partial charge in [-0.1, -0.05) is 13.8 Å². The molecule has 0 radical (unpaired) electrons. The van der Waals surface area contributed by atoms with Crippen molar-refractivity contribution in [3.05, 3.63) is 0 Å². The number of hydrogen-bond donors (Lipinski definition) is 1. The van der Waals surface area contributed by atoms with Gasteiger partial charge in [-0.3, -0.25) is 0 Å². The molecular weight excluding hydrogens is 200 g/mol. The van der Waals surface area contributed by atoms with Crippen LogP contribution in [0.2, 0.25) is 0 Å². The van der Waals surface area contributed by atoms with E-state index in [-0.39, 0.29) is 0 Å². The summed E-state index contributed by atoms with van der Waals surface area (Å²) in [5.74, 6) is 0. The summed E-state index contributed by atoms with van der Waals surface area (Å²) in [6, 6.07) is 0. The summed E-state index contributed by atoms with van der Waals surface area (Å²) < 4.78 is 23.9. The van der Waals surface area contributed by atoms with Gasteiger partial charge in [0.05, 0.1) is 6.26 Å². The van der Waals surface area contributed by atoms with Gasteiger partial charge in [-0.25, -0.2) is 12.7 Å². The van der Waals surface area contributed by atoms with Gasteiger partial charge in [-0.2, -0.15) is 0 Å². The molecule has 0 aromatic carbocycles. The summed E-state index contributed by atoms with van der Waals surface area (Å²) in [6.45, 7) is 7.05. The second-order valence-electron chi connectivity index (χ2n) is 3.36.